The lowest BCUT2D eigenvalue weighted by atomic mass is 10.1. The second-order valence-corrected chi connectivity index (χ2v) is 8.88. The van der Waals surface area contributed by atoms with Gasteiger partial charge in [0, 0.05) is 19.7 Å². The van der Waals surface area contributed by atoms with Crippen LogP contribution in [0.25, 0.3) is 0 Å². The molecule has 0 radical (unpaired) electrons. The molecule has 5 heteroatoms. The molecule has 0 aliphatic carbocycles. The summed E-state index contributed by atoms with van der Waals surface area (Å²) >= 11 is 0. The Morgan fingerprint density at radius 3 is 2.33 bits per heavy atom. The van der Waals surface area contributed by atoms with Crippen LogP contribution in [0.2, 0.25) is 0 Å². The van der Waals surface area contributed by atoms with Crippen molar-refractivity contribution in [2.75, 3.05) is 18.9 Å². The third-order valence-electron chi connectivity index (χ3n) is 3.38. The summed E-state index contributed by atoms with van der Waals surface area (Å²) in [6.45, 7) is 9.57. The summed E-state index contributed by atoms with van der Waals surface area (Å²) in [6, 6.07) is 8.05. The van der Waals surface area contributed by atoms with Crippen LogP contribution in [0.1, 0.15) is 38.8 Å². The Bertz CT molecular complexity index is 533. The molecule has 0 aromatic heterocycles. The van der Waals surface area contributed by atoms with Crippen molar-refractivity contribution in [2.45, 2.75) is 45.6 Å². The molecule has 1 N–H and O–H groups in total. The minimum Gasteiger partial charge on any atom is -0.377 e. The van der Waals surface area contributed by atoms with Crippen LogP contribution in [0.4, 0.5) is 0 Å². The maximum atomic E-state index is 12.0. The highest BCUT2D eigenvalue weighted by atomic mass is 32.2. The summed E-state index contributed by atoms with van der Waals surface area (Å²) < 4.78 is 28.8. The summed E-state index contributed by atoms with van der Waals surface area (Å²) in [5.74, 6) is 0.157. The summed E-state index contributed by atoms with van der Waals surface area (Å²) in [6.07, 6.45) is 0. The fraction of sp³-hybridized carbons (Fsp3) is 0.625. The zero-order chi connectivity index (χ0) is 15.9. The van der Waals surface area contributed by atoms with Gasteiger partial charge in [0.2, 0.25) is 0 Å². The minimum absolute atomic E-state index is 0.157. The zero-order valence-electron chi connectivity index (χ0n) is 13.5. The Balaban J connectivity index is 2.50. The van der Waals surface area contributed by atoms with E-state index >= 15 is 0 Å². The second kappa shape index (κ2) is 7.92. The first-order valence-electron chi connectivity index (χ1n) is 7.35. The predicted octanol–water partition coefficient (Wildman–Crippen LogP) is 2.53. The van der Waals surface area contributed by atoms with Crippen molar-refractivity contribution in [1.29, 1.82) is 0 Å². The fourth-order valence-electron chi connectivity index (χ4n) is 1.82. The van der Waals surface area contributed by atoms with Crippen LogP contribution in [-0.4, -0.2) is 32.1 Å². The molecule has 120 valence electrons. The third kappa shape index (κ3) is 5.77. The van der Waals surface area contributed by atoms with Gasteiger partial charge >= 0.3 is 0 Å². The molecule has 0 aliphatic heterocycles. The van der Waals surface area contributed by atoms with E-state index in [9.17, 15) is 8.42 Å². The molecule has 0 bridgehead atoms. The van der Waals surface area contributed by atoms with Crippen LogP contribution in [0.3, 0.4) is 0 Å². The molecular formula is C16H27NO3S. The van der Waals surface area contributed by atoms with Crippen molar-refractivity contribution in [3.63, 3.8) is 0 Å². The fourth-order valence-corrected chi connectivity index (χ4v) is 2.84. The molecule has 0 saturated carbocycles. The Kier molecular flexibility index (Phi) is 6.84. The van der Waals surface area contributed by atoms with Crippen molar-refractivity contribution in [1.82, 2.24) is 5.32 Å². The van der Waals surface area contributed by atoms with Crippen molar-refractivity contribution in [3.8, 4) is 0 Å². The monoisotopic (exact) mass is 313 g/mol. The highest BCUT2D eigenvalue weighted by molar-refractivity contribution is 7.92. The van der Waals surface area contributed by atoms with Gasteiger partial charge in [-0.15, -0.1) is 0 Å². The topological polar surface area (TPSA) is 55.4 Å². The number of hydrogen-bond acceptors (Lipinski definition) is 4. The molecule has 1 aromatic rings. The lowest BCUT2D eigenvalue weighted by molar-refractivity contribution is 0.133. The van der Waals surface area contributed by atoms with Crippen LogP contribution in [-0.2, 0) is 27.7 Å². The van der Waals surface area contributed by atoms with Gasteiger partial charge in [-0.3, -0.25) is 0 Å². The largest absolute Gasteiger partial charge is 0.377 e. The quantitative estimate of drug-likeness (QED) is 0.749. The van der Waals surface area contributed by atoms with Crippen molar-refractivity contribution < 1.29 is 13.2 Å². The highest BCUT2D eigenvalue weighted by Crippen LogP contribution is 2.15. The molecule has 0 unspecified atom stereocenters. The van der Waals surface area contributed by atoms with E-state index in [-0.39, 0.29) is 5.75 Å². The lowest BCUT2D eigenvalue weighted by Crippen LogP contribution is -2.34. The number of ether oxygens (including phenoxy) is 1. The predicted molar refractivity (Wildman–Crippen MR) is 87.0 cm³/mol. The first-order valence-corrected chi connectivity index (χ1v) is 9.00. The molecule has 0 aliphatic rings. The first kappa shape index (κ1) is 18.1. The number of rotatable bonds is 8. The van der Waals surface area contributed by atoms with Gasteiger partial charge in [0.25, 0.3) is 0 Å². The average molecular weight is 313 g/mol. The summed E-state index contributed by atoms with van der Waals surface area (Å²) in [5, 5.41) is 3.21. The molecular weight excluding hydrogens is 286 g/mol. The maximum Gasteiger partial charge on any atom is 0.156 e. The third-order valence-corrected chi connectivity index (χ3v) is 5.98. The summed E-state index contributed by atoms with van der Waals surface area (Å²) in [4.78, 5) is 0. The van der Waals surface area contributed by atoms with E-state index in [1.165, 1.54) is 0 Å². The highest BCUT2D eigenvalue weighted by Gasteiger charge is 2.27. The van der Waals surface area contributed by atoms with Crippen LogP contribution < -0.4 is 5.32 Å². The minimum atomic E-state index is -3.06. The second-order valence-electron chi connectivity index (χ2n) is 6.01. The Morgan fingerprint density at radius 2 is 1.76 bits per heavy atom. The van der Waals surface area contributed by atoms with E-state index in [1.807, 2.05) is 31.2 Å². The molecule has 1 rings (SSSR count). The van der Waals surface area contributed by atoms with Gasteiger partial charge in [0.1, 0.15) is 0 Å². The number of nitrogens with one attached hydrogen (secondary N) is 1. The Morgan fingerprint density at radius 1 is 1.14 bits per heavy atom. The number of sulfone groups is 1. The molecule has 0 amide bonds. The van der Waals surface area contributed by atoms with Gasteiger partial charge in [-0.05, 0) is 38.8 Å². The van der Waals surface area contributed by atoms with E-state index in [1.54, 1.807) is 20.8 Å². The first-order chi connectivity index (χ1) is 9.78. The molecule has 0 atom stereocenters. The maximum absolute atomic E-state index is 12.0. The van der Waals surface area contributed by atoms with Crippen molar-refractivity contribution in [2.24, 2.45) is 0 Å². The summed E-state index contributed by atoms with van der Waals surface area (Å²) in [5.41, 5.74) is 2.30. The molecule has 0 saturated heterocycles. The van der Waals surface area contributed by atoms with Gasteiger partial charge < -0.3 is 10.1 Å². The van der Waals surface area contributed by atoms with E-state index in [4.69, 9.17) is 4.74 Å². The van der Waals surface area contributed by atoms with E-state index in [0.29, 0.717) is 26.3 Å². The standard InChI is InChI=1S/C16H27NO3S/c1-5-20-13-15-9-7-6-8-14(15)12-17-10-11-21(18,19)16(2,3)4/h6-9,17H,5,10-13H2,1-4H3. The average Bonchev–Trinajstić information content (AvgIpc) is 2.41. The molecule has 4 nitrogen and oxygen atoms in total. The van der Waals surface area contributed by atoms with Crippen LogP contribution >= 0.6 is 0 Å². The van der Waals surface area contributed by atoms with Crippen LogP contribution in [0, 0.1) is 0 Å². The van der Waals surface area contributed by atoms with Crippen LogP contribution in [0.15, 0.2) is 24.3 Å². The van der Waals surface area contributed by atoms with E-state index in [2.05, 4.69) is 5.32 Å². The smallest absolute Gasteiger partial charge is 0.156 e. The summed E-state index contributed by atoms with van der Waals surface area (Å²) in [7, 11) is -3.06. The molecule has 0 spiro atoms. The van der Waals surface area contributed by atoms with Gasteiger partial charge in [-0.1, -0.05) is 24.3 Å². The van der Waals surface area contributed by atoms with Gasteiger partial charge in [0.05, 0.1) is 17.1 Å². The molecule has 1 aromatic carbocycles. The molecule has 0 heterocycles. The van der Waals surface area contributed by atoms with E-state index < -0.39 is 14.6 Å². The van der Waals surface area contributed by atoms with Crippen LogP contribution in [0.5, 0.6) is 0 Å². The van der Waals surface area contributed by atoms with Crippen molar-refractivity contribution in [3.05, 3.63) is 35.4 Å². The normalized spacial score (nSPS) is 12.6. The molecule has 21 heavy (non-hydrogen) atoms. The molecule has 0 fully saturated rings. The lowest BCUT2D eigenvalue weighted by Gasteiger charge is -2.19. The number of benzene rings is 1. The van der Waals surface area contributed by atoms with Gasteiger partial charge in [-0.25, -0.2) is 8.42 Å². The Hall–Kier alpha value is -0.910. The number of hydrogen-bond donors (Lipinski definition) is 1. The zero-order valence-corrected chi connectivity index (χ0v) is 14.3. The van der Waals surface area contributed by atoms with E-state index in [0.717, 1.165) is 11.1 Å². The van der Waals surface area contributed by atoms with Gasteiger partial charge in [0.15, 0.2) is 9.84 Å². The Labute approximate surface area is 128 Å². The SMILES string of the molecule is CCOCc1ccccc1CNCCS(=O)(=O)C(C)(C)C. The van der Waals surface area contributed by atoms with Crippen molar-refractivity contribution >= 4 is 9.84 Å². The van der Waals surface area contributed by atoms with Gasteiger partial charge in [-0.2, -0.15) is 0 Å².